The van der Waals surface area contributed by atoms with Gasteiger partial charge in [-0.3, -0.25) is 9.69 Å². The van der Waals surface area contributed by atoms with Crippen LogP contribution in [-0.2, 0) is 4.79 Å². The molecule has 1 aromatic rings. The first-order chi connectivity index (χ1) is 8.99. The van der Waals surface area contributed by atoms with Crippen LogP contribution < -0.4 is 0 Å². The van der Waals surface area contributed by atoms with Crippen LogP contribution >= 0.6 is 11.6 Å². The third kappa shape index (κ3) is 3.28. The van der Waals surface area contributed by atoms with Crippen molar-refractivity contribution in [2.24, 2.45) is 0 Å². The highest BCUT2D eigenvalue weighted by Gasteiger charge is 2.31. The van der Waals surface area contributed by atoms with Crippen molar-refractivity contribution < 1.29 is 9.90 Å². The summed E-state index contributed by atoms with van der Waals surface area (Å²) in [6, 6.07) is 5.83. The van der Waals surface area contributed by atoms with Crippen LogP contribution in [0.25, 0.3) is 0 Å². The summed E-state index contributed by atoms with van der Waals surface area (Å²) in [5, 5.41) is 9.01. The summed E-state index contributed by atoms with van der Waals surface area (Å²) >= 11 is 6.45. The van der Waals surface area contributed by atoms with E-state index in [9.17, 15) is 4.79 Å². The minimum absolute atomic E-state index is 0.153. The molecule has 104 valence electrons. The molecular weight excluding hydrogens is 262 g/mol. The van der Waals surface area contributed by atoms with Crippen LogP contribution in [0.15, 0.2) is 18.2 Å². The number of carboxylic acids is 1. The summed E-state index contributed by atoms with van der Waals surface area (Å²) in [6.07, 6.45) is 1.67. The molecule has 0 bridgehead atoms. The highest BCUT2D eigenvalue weighted by molar-refractivity contribution is 6.21. The summed E-state index contributed by atoms with van der Waals surface area (Å²) in [4.78, 5) is 13.1. The van der Waals surface area contributed by atoms with Crippen LogP contribution in [0.3, 0.4) is 0 Å². The van der Waals surface area contributed by atoms with Crippen LogP contribution in [0, 0.1) is 13.8 Å². The van der Waals surface area contributed by atoms with Crippen molar-refractivity contribution in [2.75, 3.05) is 13.1 Å². The molecule has 1 aliphatic rings. The molecule has 1 aromatic carbocycles. The molecule has 0 radical (unpaired) electrons. The molecule has 1 aliphatic heterocycles. The number of carboxylic acid groups (broad SMARTS) is 1. The van der Waals surface area contributed by atoms with E-state index in [0.717, 1.165) is 24.9 Å². The summed E-state index contributed by atoms with van der Waals surface area (Å²) in [5.74, 6) is -0.735. The van der Waals surface area contributed by atoms with Crippen molar-refractivity contribution in [3.63, 3.8) is 0 Å². The Kier molecular flexibility index (Phi) is 4.48. The smallest absolute Gasteiger partial charge is 0.320 e. The number of halogens is 1. The lowest BCUT2D eigenvalue weighted by molar-refractivity contribution is -0.142. The Hall–Kier alpha value is -1.06. The molecule has 19 heavy (non-hydrogen) atoms. The van der Waals surface area contributed by atoms with Gasteiger partial charge >= 0.3 is 5.97 Å². The molecule has 0 spiro atoms. The minimum atomic E-state index is -0.735. The molecule has 2 atom stereocenters. The van der Waals surface area contributed by atoms with Gasteiger partial charge in [-0.05, 0) is 49.9 Å². The molecule has 3 nitrogen and oxygen atoms in total. The molecule has 1 fully saturated rings. The van der Waals surface area contributed by atoms with Crippen LogP contribution in [0.4, 0.5) is 0 Å². The van der Waals surface area contributed by atoms with Crippen molar-refractivity contribution in [1.29, 1.82) is 0 Å². The topological polar surface area (TPSA) is 40.5 Å². The Balaban J connectivity index is 2.06. The van der Waals surface area contributed by atoms with Crippen molar-refractivity contribution in [2.45, 2.75) is 38.1 Å². The molecule has 0 amide bonds. The van der Waals surface area contributed by atoms with Crippen LogP contribution in [0.2, 0.25) is 0 Å². The zero-order valence-corrected chi connectivity index (χ0v) is 12.2. The first-order valence-corrected chi connectivity index (χ1v) is 7.10. The molecule has 1 N–H and O–H groups in total. The minimum Gasteiger partial charge on any atom is -0.480 e. The van der Waals surface area contributed by atoms with Gasteiger partial charge in [-0.1, -0.05) is 18.2 Å². The van der Waals surface area contributed by atoms with Gasteiger partial charge in [0.2, 0.25) is 0 Å². The summed E-state index contributed by atoms with van der Waals surface area (Å²) in [6.45, 7) is 5.56. The fraction of sp³-hybridized carbons (Fsp3) is 0.533. The molecule has 2 rings (SSSR count). The maximum absolute atomic E-state index is 11.1. The molecule has 0 saturated carbocycles. The quantitative estimate of drug-likeness (QED) is 0.862. The second-order valence-electron chi connectivity index (χ2n) is 5.30. The number of aliphatic carboxylic acids is 1. The fourth-order valence-corrected chi connectivity index (χ4v) is 2.91. The zero-order valence-electron chi connectivity index (χ0n) is 11.4. The van der Waals surface area contributed by atoms with Crippen LogP contribution in [0.1, 0.15) is 34.9 Å². The van der Waals surface area contributed by atoms with Crippen LogP contribution in [-0.4, -0.2) is 35.1 Å². The SMILES string of the molecule is Cc1ccc(C(Cl)CN2CCCC2C(=O)O)cc1C. The van der Waals surface area contributed by atoms with Crippen LogP contribution in [0.5, 0.6) is 0 Å². The Labute approximate surface area is 119 Å². The van der Waals surface area contributed by atoms with Gasteiger partial charge in [0.25, 0.3) is 0 Å². The third-order valence-corrected chi connectivity index (χ3v) is 4.33. The predicted octanol–water partition coefficient (Wildman–Crippen LogP) is 3.13. The Bertz CT molecular complexity index is 475. The second kappa shape index (κ2) is 5.93. The summed E-state index contributed by atoms with van der Waals surface area (Å²) < 4.78 is 0. The maximum atomic E-state index is 11.1. The van der Waals surface area contributed by atoms with E-state index in [4.69, 9.17) is 16.7 Å². The molecule has 1 heterocycles. The van der Waals surface area contributed by atoms with Crippen molar-refractivity contribution in [3.8, 4) is 0 Å². The van der Waals surface area contributed by atoms with Gasteiger partial charge < -0.3 is 5.11 Å². The Morgan fingerprint density at radius 3 is 2.84 bits per heavy atom. The normalized spacial score (nSPS) is 21.5. The number of hydrogen-bond donors (Lipinski definition) is 1. The monoisotopic (exact) mass is 281 g/mol. The van der Waals surface area contributed by atoms with Gasteiger partial charge in [0.15, 0.2) is 0 Å². The number of rotatable bonds is 4. The number of likely N-dealkylation sites (tertiary alicyclic amines) is 1. The van der Waals surface area contributed by atoms with E-state index in [1.165, 1.54) is 11.1 Å². The van der Waals surface area contributed by atoms with Gasteiger partial charge in [-0.2, -0.15) is 0 Å². The average Bonchev–Trinajstić information content (AvgIpc) is 2.80. The van der Waals surface area contributed by atoms with E-state index in [1.54, 1.807) is 0 Å². The number of alkyl halides is 1. The van der Waals surface area contributed by atoms with Gasteiger partial charge in [0, 0.05) is 6.54 Å². The second-order valence-corrected chi connectivity index (χ2v) is 5.83. The Morgan fingerprint density at radius 1 is 1.47 bits per heavy atom. The van der Waals surface area contributed by atoms with E-state index >= 15 is 0 Å². The maximum Gasteiger partial charge on any atom is 0.320 e. The van der Waals surface area contributed by atoms with Crippen molar-refractivity contribution in [1.82, 2.24) is 4.90 Å². The first kappa shape index (κ1) is 14.4. The van der Waals surface area contributed by atoms with E-state index in [-0.39, 0.29) is 11.4 Å². The van der Waals surface area contributed by atoms with Gasteiger partial charge in [0.1, 0.15) is 6.04 Å². The summed E-state index contributed by atoms with van der Waals surface area (Å²) in [7, 11) is 0. The first-order valence-electron chi connectivity index (χ1n) is 6.67. The van der Waals surface area contributed by atoms with Gasteiger partial charge in [0.05, 0.1) is 5.38 Å². The lowest BCUT2D eigenvalue weighted by atomic mass is 10.0. The lowest BCUT2D eigenvalue weighted by Crippen LogP contribution is -2.37. The number of hydrogen-bond acceptors (Lipinski definition) is 2. The highest BCUT2D eigenvalue weighted by Crippen LogP contribution is 2.27. The van der Waals surface area contributed by atoms with E-state index < -0.39 is 5.97 Å². The molecular formula is C15H20ClNO2. The molecule has 4 heteroatoms. The van der Waals surface area contributed by atoms with Crippen molar-refractivity contribution >= 4 is 17.6 Å². The largest absolute Gasteiger partial charge is 0.480 e. The summed E-state index contributed by atoms with van der Waals surface area (Å²) in [5.41, 5.74) is 3.54. The van der Waals surface area contributed by atoms with E-state index in [2.05, 4.69) is 26.0 Å². The molecule has 1 saturated heterocycles. The molecule has 0 aliphatic carbocycles. The van der Waals surface area contributed by atoms with Gasteiger partial charge in [-0.25, -0.2) is 0 Å². The van der Waals surface area contributed by atoms with Crippen molar-refractivity contribution in [3.05, 3.63) is 34.9 Å². The lowest BCUT2D eigenvalue weighted by Gasteiger charge is -2.24. The standard InChI is InChI=1S/C15H20ClNO2/c1-10-5-6-12(8-11(10)2)13(16)9-17-7-3-4-14(17)15(18)19/h5-6,8,13-14H,3-4,7,9H2,1-2H3,(H,18,19). The zero-order chi connectivity index (χ0) is 14.0. The molecule has 2 unspecified atom stereocenters. The third-order valence-electron chi connectivity index (χ3n) is 3.94. The van der Waals surface area contributed by atoms with E-state index in [0.29, 0.717) is 6.54 Å². The number of nitrogens with zero attached hydrogens (tertiary/aromatic N) is 1. The number of aryl methyl sites for hydroxylation is 2. The number of carbonyl (C=O) groups is 1. The Morgan fingerprint density at radius 2 is 2.21 bits per heavy atom. The average molecular weight is 282 g/mol. The fourth-order valence-electron chi connectivity index (χ4n) is 2.60. The van der Waals surface area contributed by atoms with Gasteiger partial charge in [-0.15, -0.1) is 11.6 Å². The predicted molar refractivity (Wildman–Crippen MR) is 76.7 cm³/mol. The highest BCUT2D eigenvalue weighted by atomic mass is 35.5. The molecule has 0 aromatic heterocycles. The number of benzene rings is 1. The van der Waals surface area contributed by atoms with E-state index in [1.807, 2.05) is 11.0 Å².